The van der Waals surface area contributed by atoms with Crippen LogP contribution < -0.4 is 0 Å². The molecule has 1 aromatic rings. The van der Waals surface area contributed by atoms with E-state index in [1.165, 1.54) is 5.56 Å². The fourth-order valence-electron chi connectivity index (χ4n) is 2.08. The number of hydrogen-bond donors (Lipinski definition) is 1. The molecule has 1 saturated heterocycles. The van der Waals surface area contributed by atoms with Crippen LogP contribution in [0.25, 0.3) is 0 Å². The van der Waals surface area contributed by atoms with Gasteiger partial charge >= 0.3 is 0 Å². The van der Waals surface area contributed by atoms with Crippen molar-refractivity contribution in [1.82, 2.24) is 4.90 Å². The Balaban J connectivity index is 1.79. The minimum absolute atomic E-state index is 0.328. The molecule has 0 saturated carbocycles. The summed E-state index contributed by atoms with van der Waals surface area (Å²) in [5, 5.41) is 9.57. The molecule has 0 spiro atoms. The number of phenols is 1. The average Bonchev–Trinajstić information content (AvgIpc) is 2.36. The van der Waals surface area contributed by atoms with Gasteiger partial charge in [-0.2, -0.15) is 0 Å². The zero-order valence-corrected chi connectivity index (χ0v) is 11.4. The van der Waals surface area contributed by atoms with Crippen LogP contribution in [0.4, 0.5) is 0 Å². The van der Waals surface area contributed by atoms with E-state index in [-0.39, 0.29) is 0 Å². The first-order valence-electron chi connectivity index (χ1n) is 6.04. The van der Waals surface area contributed by atoms with E-state index in [1.54, 1.807) is 6.07 Å². The van der Waals surface area contributed by atoms with Crippen molar-refractivity contribution in [3.8, 4) is 5.75 Å². The Morgan fingerprint density at radius 2 is 2.06 bits per heavy atom. The lowest BCUT2D eigenvalue weighted by molar-refractivity contribution is 0.0374. The van der Waals surface area contributed by atoms with Crippen molar-refractivity contribution in [3.63, 3.8) is 0 Å². The molecule has 0 radical (unpaired) electrons. The standard InChI is InChI=1S/C13H18BrNO2/c14-13-11(3-1-5-12(13)16)4-2-6-15-7-9-17-10-8-15/h1,3,5,16H,2,4,6-10H2. The lowest BCUT2D eigenvalue weighted by Crippen LogP contribution is -2.36. The summed E-state index contributed by atoms with van der Waals surface area (Å²) in [5.74, 6) is 0.328. The van der Waals surface area contributed by atoms with E-state index >= 15 is 0 Å². The van der Waals surface area contributed by atoms with Gasteiger partial charge in [-0.15, -0.1) is 0 Å². The molecule has 1 aliphatic rings. The van der Waals surface area contributed by atoms with Crippen LogP contribution in [0.3, 0.4) is 0 Å². The van der Waals surface area contributed by atoms with E-state index < -0.39 is 0 Å². The van der Waals surface area contributed by atoms with Crippen molar-refractivity contribution in [2.45, 2.75) is 12.8 Å². The largest absolute Gasteiger partial charge is 0.507 e. The molecule has 1 heterocycles. The minimum atomic E-state index is 0.328. The quantitative estimate of drug-likeness (QED) is 0.927. The van der Waals surface area contributed by atoms with Gasteiger partial charge in [0.15, 0.2) is 0 Å². The van der Waals surface area contributed by atoms with Gasteiger partial charge in [0.25, 0.3) is 0 Å². The lowest BCUT2D eigenvalue weighted by atomic mass is 10.1. The molecule has 0 amide bonds. The summed E-state index contributed by atoms with van der Waals surface area (Å²) >= 11 is 3.42. The predicted octanol–water partition coefficient (Wildman–Crippen LogP) is 2.42. The summed E-state index contributed by atoms with van der Waals surface area (Å²) in [6.07, 6.45) is 2.11. The number of halogens is 1. The Bertz CT molecular complexity index is 364. The molecule has 0 atom stereocenters. The minimum Gasteiger partial charge on any atom is -0.507 e. The molecule has 17 heavy (non-hydrogen) atoms. The average molecular weight is 300 g/mol. The summed E-state index contributed by atoms with van der Waals surface area (Å²) in [6.45, 7) is 4.90. The van der Waals surface area contributed by atoms with Crippen molar-refractivity contribution in [1.29, 1.82) is 0 Å². The maximum atomic E-state index is 9.57. The van der Waals surface area contributed by atoms with Crippen LogP contribution in [0.2, 0.25) is 0 Å². The molecular weight excluding hydrogens is 282 g/mol. The van der Waals surface area contributed by atoms with Crippen LogP contribution >= 0.6 is 15.9 Å². The number of phenolic OH excluding ortho intramolecular Hbond substituents is 1. The Morgan fingerprint density at radius 1 is 1.29 bits per heavy atom. The molecule has 0 aromatic heterocycles. The monoisotopic (exact) mass is 299 g/mol. The highest BCUT2D eigenvalue weighted by Crippen LogP contribution is 2.27. The third-order valence-electron chi connectivity index (χ3n) is 3.08. The summed E-state index contributed by atoms with van der Waals surface area (Å²) in [4.78, 5) is 2.43. The van der Waals surface area contributed by atoms with Crippen LogP contribution in [-0.2, 0) is 11.2 Å². The van der Waals surface area contributed by atoms with Gasteiger partial charge in [0.05, 0.1) is 17.7 Å². The number of ether oxygens (including phenoxy) is 1. The van der Waals surface area contributed by atoms with Gasteiger partial charge < -0.3 is 9.84 Å². The zero-order valence-electron chi connectivity index (χ0n) is 9.86. The van der Waals surface area contributed by atoms with Crippen molar-refractivity contribution >= 4 is 15.9 Å². The van der Waals surface area contributed by atoms with Gasteiger partial charge in [-0.3, -0.25) is 4.90 Å². The van der Waals surface area contributed by atoms with E-state index in [4.69, 9.17) is 4.74 Å². The number of nitrogens with zero attached hydrogens (tertiary/aromatic N) is 1. The molecule has 94 valence electrons. The van der Waals surface area contributed by atoms with Crippen LogP contribution in [0.15, 0.2) is 22.7 Å². The van der Waals surface area contributed by atoms with Crippen LogP contribution in [-0.4, -0.2) is 42.9 Å². The topological polar surface area (TPSA) is 32.7 Å². The lowest BCUT2D eigenvalue weighted by Gasteiger charge is -2.26. The smallest absolute Gasteiger partial charge is 0.130 e. The summed E-state index contributed by atoms with van der Waals surface area (Å²) in [5.41, 5.74) is 1.18. The van der Waals surface area contributed by atoms with Crippen LogP contribution in [0.5, 0.6) is 5.75 Å². The molecule has 1 aromatic carbocycles. The van der Waals surface area contributed by atoms with Crippen LogP contribution in [0.1, 0.15) is 12.0 Å². The van der Waals surface area contributed by atoms with Gasteiger partial charge in [0.2, 0.25) is 0 Å². The third-order valence-corrected chi connectivity index (χ3v) is 4.00. The summed E-state index contributed by atoms with van der Waals surface area (Å²) < 4.78 is 6.15. The first-order valence-corrected chi connectivity index (χ1v) is 6.83. The van der Waals surface area contributed by atoms with Crippen molar-refractivity contribution in [2.24, 2.45) is 0 Å². The Hall–Kier alpha value is -0.580. The normalized spacial score (nSPS) is 17.2. The molecule has 1 N–H and O–H groups in total. The van der Waals surface area contributed by atoms with Crippen LogP contribution in [0, 0.1) is 0 Å². The fraction of sp³-hybridized carbons (Fsp3) is 0.538. The first kappa shape index (κ1) is 12.9. The number of morpholine rings is 1. The van der Waals surface area contributed by atoms with Gasteiger partial charge in [0, 0.05) is 13.1 Å². The molecule has 0 aliphatic carbocycles. The van der Waals surface area contributed by atoms with Crippen molar-refractivity contribution in [2.75, 3.05) is 32.8 Å². The maximum absolute atomic E-state index is 9.57. The SMILES string of the molecule is Oc1cccc(CCCN2CCOCC2)c1Br. The highest BCUT2D eigenvalue weighted by molar-refractivity contribution is 9.10. The number of benzene rings is 1. The zero-order chi connectivity index (χ0) is 12.1. The van der Waals surface area contributed by atoms with Crippen molar-refractivity contribution in [3.05, 3.63) is 28.2 Å². The molecule has 2 rings (SSSR count). The molecule has 3 nitrogen and oxygen atoms in total. The Labute approximate surface area is 111 Å². The second-order valence-electron chi connectivity index (χ2n) is 4.31. The van der Waals surface area contributed by atoms with E-state index in [2.05, 4.69) is 26.9 Å². The highest BCUT2D eigenvalue weighted by Gasteiger charge is 2.10. The second kappa shape index (κ2) is 6.38. The van der Waals surface area contributed by atoms with Gasteiger partial charge in [-0.25, -0.2) is 0 Å². The van der Waals surface area contributed by atoms with E-state index in [9.17, 15) is 5.11 Å². The van der Waals surface area contributed by atoms with Gasteiger partial charge in [-0.1, -0.05) is 12.1 Å². The number of rotatable bonds is 4. The summed E-state index contributed by atoms with van der Waals surface area (Å²) in [7, 11) is 0. The second-order valence-corrected chi connectivity index (χ2v) is 5.10. The predicted molar refractivity (Wildman–Crippen MR) is 71.4 cm³/mol. The maximum Gasteiger partial charge on any atom is 0.130 e. The fourth-order valence-corrected chi connectivity index (χ4v) is 2.54. The first-order chi connectivity index (χ1) is 8.27. The van der Waals surface area contributed by atoms with Crippen molar-refractivity contribution < 1.29 is 9.84 Å². The molecule has 0 unspecified atom stereocenters. The molecular formula is C13H18BrNO2. The van der Waals surface area contributed by atoms with E-state index in [1.807, 2.05) is 6.07 Å². The number of aryl methyl sites for hydroxylation is 1. The van der Waals surface area contributed by atoms with Gasteiger partial charge in [0.1, 0.15) is 5.75 Å². The summed E-state index contributed by atoms with van der Waals surface area (Å²) in [6, 6.07) is 5.66. The third kappa shape index (κ3) is 3.69. The van der Waals surface area contributed by atoms with E-state index in [0.717, 1.165) is 50.2 Å². The highest BCUT2D eigenvalue weighted by atomic mass is 79.9. The number of aromatic hydroxyl groups is 1. The molecule has 4 heteroatoms. The molecule has 1 fully saturated rings. The van der Waals surface area contributed by atoms with Gasteiger partial charge in [-0.05, 0) is 46.9 Å². The molecule has 0 bridgehead atoms. The van der Waals surface area contributed by atoms with E-state index in [0.29, 0.717) is 5.75 Å². The number of hydrogen-bond acceptors (Lipinski definition) is 3. The Kier molecular flexibility index (Phi) is 4.83. The Morgan fingerprint density at radius 3 is 2.82 bits per heavy atom. The molecule has 1 aliphatic heterocycles.